The van der Waals surface area contributed by atoms with Crippen LogP contribution in [0.15, 0.2) is 25.3 Å². The van der Waals surface area contributed by atoms with Crippen molar-refractivity contribution < 1.29 is 19.5 Å². The van der Waals surface area contributed by atoms with E-state index in [1.807, 2.05) is 4.90 Å². The smallest absolute Gasteiger partial charge is 0.247 e. The van der Waals surface area contributed by atoms with Crippen molar-refractivity contribution in [3.8, 4) is 0 Å². The molecule has 0 radical (unpaired) electrons. The molecule has 5 atom stereocenters. The van der Waals surface area contributed by atoms with Crippen molar-refractivity contribution in [2.75, 3.05) is 39.8 Å². The van der Waals surface area contributed by atoms with Gasteiger partial charge in [0.25, 0.3) is 0 Å². The topological polar surface area (TPSA) is 81.2 Å². The summed E-state index contributed by atoms with van der Waals surface area (Å²) in [5.41, 5.74) is 0. The summed E-state index contributed by atoms with van der Waals surface area (Å²) in [4.78, 5) is 46.4. The van der Waals surface area contributed by atoms with Crippen LogP contribution in [0.4, 0.5) is 0 Å². The number of hydrogen-bond donors (Lipinski definition) is 1. The van der Waals surface area contributed by atoms with Gasteiger partial charge in [-0.2, -0.15) is 0 Å². The van der Waals surface area contributed by atoms with E-state index >= 15 is 0 Å². The second kappa shape index (κ2) is 11.1. The summed E-state index contributed by atoms with van der Waals surface area (Å²) in [6, 6.07) is -0.567. The van der Waals surface area contributed by atoms with Crippen molar-refractivity contribution in [2.45, 2.75) is 61.5 Å². The third-order valence-electron chi connectivity index (χ3n) is 7.35. The van der Waals surface area contributed by atoms with Crippen LogP contribution in [0.1, 0.15) is 45.4 Å². The van der Waals surface area contributed by atoms with Crippen molar-refractivity contribution in [1.82, 2.24) is 14.7 Å². The molecule has 3 aliphatic rings. The van der Waals surface area contributed by atoms with Gasteiger partial charge in [-0.3, -0.25) is 14.4 Å². The van der Waals surface area contributed by atoms with Crippen molar-refractivity contribution >= 4 is 29.5 Å². The molecule has 0 aliphatic carbocycles. The lowest BCUT2D eigenvalue weighted by molar-refractivity contribution is -0.144. The molecule has 33 heavy (non-hydrogen) atoms. The summed E-state index contributed by atoms with van der Waals surface area (Å²) in [6.45, 7) is 11.7. The predicted octanol–water partition coefficient (Wildman–Crippen LogP) is 2.31. The molecule has 3 heterocycles. The van der Waals surface area contributed by atoms with E-state index in [0.29, 0.717) is 39.0 Å². The number of amides is 3. The molecule has 0 aromatic rings. The molecular formula is C25H39N3O4S. The summed E-state index contributed by atoms with van der Waals surface area (Å²) >= 11 is 1.71. The van der Waals surface area contributed by atoms with Crippen LogP contribution in [0.25, 0.3) is 0 Å². The lowest BCUT2D eigenvalue weighted by atomic mass is 9.70. The molecule has 7 nitrogen and oxygen atoms in total. The minimum atomic E-state index is -0.567. The molecule has 0 aromatic heterocycles. The number of likely N-dealkylation sites (tertiary alicyclic amines) is 1. The predicted molar refractivity (Wildman–Crippen MR) is 132 cm³/mol. The Morgan fingerprint density at radius 3 is 2.58 bits per heavy atom. The van der Waals surface area contributed by atoms with Crippen LogP contribution in [0, 0.1) is 11.8 Å². The average Bonchev–Trinajstić information content (AvgIpc) is 3.44. The third-order valence-corrected chi connectivity index (χ3v) is 9.30. The summed E-state index contributed by atoms with van der Waals surface area (Å²) in [5, 5.41) is 9.34. The second-order valence-corrected chi connectivity index (χ2v) is 11.1. The Morgan fingerprint density at radius 1 is 1.21 bits per heavy atom. The van der Waals surface area contributed by atoms with E-state index in [2.05, 4.69) is 20.1 Å². The van der Waals surface area contributed by atoms with E-state index in [1.54, 1.807) is 40.8 Å². The molecule has 3 amide bonds. The maximum Gasteiger partial charge on any atom is 0.247 e. The molecule has 184 valence electrons. The van der Waals surface area contributed by atoms with Crippen LogP contribution in [-0.4, -0.2) is 93.4 Å². The fraction of sp³-hybridized carbons (Fsp3) is 0.720. The Balaban J connectivity index is 1.97. The maximum absolute atomic E-state index is 14.0. The Bertz CT molecular complexity index is 775. The molecule has 1 spiro atoms. The fourth-order valence-corrected chi connectivity index (χ4v) is 8.06. The normalized spacial score (nSPS) is 29.8. The number of fused-ring (bicyclic) bond motifs is 1. The van der Waals surface area contributed by atoms with Gasteiger partial charge in [-0.25, -0.2) is 0 Å². The average molecular weight is 478 g/mol. The first-order valence-corrected chi connectivity index (χ1v) is 13.1. The van der Waals surface area contributed by atoms with Gasteiger partial charge >= 0.3 is 0 Å². The van der Waals surface area contributed by atoms with E-state index in [0.717, 1.165) is 25.7 Å². The highest BCUT2D eigenvalue weighted by molar-refractivity contribution is 8.02. The van der Waals surface area contributed by atoms with E-state index in [9.17, 15) is 19.5 Å². The quantitative estimate of drug-likeness (QED) is 0.325. The number of hydrogen-bond acceptors (Lipinski definition) is 5. The third kappa shape index (κ3) is 4.61. The summed E-state index contributed by atoms with van der Waals surface area (Å²) in [7, 11) is 1.75. The Kier molecular flexibility index (Phi) is 8.67. The Hall–Kier alpha value is -1.80. The molecule has 2 bridgehead atoms. The molecular weight excluding hydrogens is 438 g/mol. The van der Waals surface area contributed by atoms with Gasteiger partial charge in [0.15, 0.2) is 0 Å². The van der Waals surface area contributed by atoms with Crippen LogP contribution in [-0.2, 0) is 14.4 Å². The van der Waals surface area contributed by atoms with Gasteiger partial charge in [0, 0.05) is 45.1 Å². The van der Waals surface area contributed by atoms with E-state index in [-0.39, 0.29) is 29.6 Å². The number of unbranched alkanes of at least 4 members (excludes halogenated alkanes) is 2. The highest BCUT2D eigenvalue weighted by atomic mass is 32.2. The zero-order valence-electron chi connectivity index (χ0n) is 20.1. The zero-order chi connectivity index (χ0) is 24.2. The SMILES string of the molecule is C=CCN(C)C(=O)[C@@H]1[C@H]2C(=O)N(CCCCO)C(C(=O)N(CC=C)CCCC)C23CC[C@H]1S3. The standard InChI is InChI=1S/C25H39N3O4S/c1-5-8-15-27(14-7-3)24(32)21-25-12-11-18(33-25)19(22(30)26(4)13-6-2)20(25)23(31)28(21)16-9-10-17-29/h6-7,18-21,29H,2-3,5,8-17H2,1,4H3/t18-,19+,20+,21?,25?/m1/s1. The molecule has 1 N–H and O–H groups in total. The molecule has 0 aromatic carbocycles. The minimum Gasteiger partial charge on any atom is -0.396 e. The van der Waals surface area contributed by atoms with Crippen LogP contribution in [0.2, 0.25) is 0 Å². The first kappa shape index (κ1) is 25.8. The molecule has 8 heteroatoms. The van der Waals surface area contributed by atoms with Gasteiger partial charge in [0.05, 0.1) is 16.6 Å². The number of aliphatic hydroxyl groups excluding tert-OH is 1. The Labute approximate surface area is 202 Å². The number of thioether (sulfide) groups is 1. The summed E-state index contributed by atoms with van der Waals surface area (Å²) < 4.78 is -0.557. The highest BCUT2D eigenvalue weighted by Gasteiger charge is 2.73. The van der Waals surface area contributed by atoms with Crippen molar-refractivity contribution in [2.24, 2.45) is 11.8 Å². The van der Waals surface area contributed by atoms with Gasteiger partial charge in [-0.1, -0.05) is 25.5 Å². The van der Waals surface area contributed by atoms with Crippen molar-refractivity contribution in [1.29, 1.82) is 0 Å². The van der Waals surface area contributed by atoms with E-state index in [4.69, 9.17) is 0 Å². The lowest BCUT2D eigenvalue weighted by Gasteiger charge is -2.37. The van der Waals surface area contributed by atoms with Crippen molar-refractivity contribution in [3.05, 3.63) is 25.3 Å². The first-order valence-electron chi connectivity index (χ1n) is 12.2. The largest absolute Gasteiger partial charge is 0.396 e. The second-order valence-electron chi connectivity index (χ2n) is 9.45. The van der Waals surface area contributed by atoms with Crippen LogP contribution in [0.5, 0.6) is 0 Å². The molecule has 3 aliphatic heterocycles. The van der Waals surface area contributed by atoms with Crippen LogP contribution < -0.4 is 0 Å². The fourth-order valence-electron chi connectivity index (χ4n) is 5.86. The molecule has 3 fully saturated rings. The number of nitrogens with zero attached hydrogens (tertiary/aromatic N) is 3. The summed E-state index contributed by atoms with van der Waals surface area (Å²) in [5.74, 6) is -0.988. The zero-order valence-corrected chi connectivity index (χ0v) is 20.9. The Morgan fingerprint density at radius 2 is 1.94 bits per heavy atom. The van der Waals surface area contributed by atoms with Crippen molar-refractivity contribution in [3.63, 3.8) is 0 Å². The first-order chi connectivity index (χ1) is 15.9. The number of aliphatic hydroxyl groups is 1. The number of carbonyl (C=O) groups is 3. The molecule has 0 saturated carbocycles. The molecule has 2 unspecified atom stereocenters. The number of rotatable bonds is 13. The summed E-state index contributed by atoms with van der Waals surface area (Å²) in [6.07, 6.45) is 8.13. The van der Waals surface area contributed by atoms with Gasteiger partial charge in [-0.15, -0.1) is 24.9 Å². The molecule has 3 rings (SSSR count). The van der Waals surface area contributed by atoms with Gasteiger partial charge < -0.3 is 19.8 Å². The highest BCUT2D eigenvalue weighted by Crippen LogP contribution is 2.66. The minimum absolute atomic E-state index is 0.0235. The lowest BCUT2D eigenvalue weighted by Crippen LogP contribution is -2.55. The van der Waals surface area contributed by atoms with Crippen LogP contribution >= 0.6 is 11.8 Å². The monoisotopic (exact) mass is 477 g/mol. The van der Waals surface area contributed by atoms with E-state index < -0.39 is 22.6 Å². The van der Waals surface area contributed by atoms with E-state index in [1.165, 1.54) is 0 Å². The molecule has 3 saturated heterocycles. The van der Waals surface area contributed by atoms with Crippen LogP contribution in [0.3, 0.4) is 0 Å². The van der Waals surface area contributed by atoms with Gasteiger partial charge in [0.2, 0.25) is 17.7 Å². The van der Waals surface area contributed by atoms with Gasteiger partial charge in [0.1, 0.15) is 6.04 Å². The number of likely N-dealkylation sites (N-methyl/N-ethyl adjacent to an activating group) is 1. The van der Waals surface area contributed by atoms with Gasteiger partial charge in [-0.05, 0) is 32.1 Å². The number of carbonyl (C=O) groups excluding carboxylic acids is 3. The maximum atomic E-state index is 14.0.